The topological polar surface area (TPSA) is 50.8 Å². The molecule has 4 nitrogen and oxygen atoms in total. The molecule has 0 spiro atoms. The number of hydrogen-bond donors (Lipinski definition) is 1. The number of thioether (sulfide) groups is 1. The quantitative estimate of drug-likeness (QED) is 0.679. The molecule has 0 aliphatic carbocycles. The zero-order valence-electron chi connectivity index (χ0n) is 13.2. The Kier molecular flexibility index (Phi) is 4.98. The number of aromatic amines is 1. The number of aryl methyl sites for hydroxylation is 1. The first kappa shape index (κ1) is 15.6. The summed E-state index contributed by atoms with van der Waals surface area (Å²) >= 11 is 1.60. The van der Waals surface area contributed by atoms with Crippen LogP contribution in [0.3, 0.4) is 0 Å². The fraction of sp³-hybridized carbons (Fsp3) is 0.222. The highest BCUT2D eigenvalue weighted by atomic mass is 32.2. The molecule has 1 heterocycles. The van der Waals surface area contributed by atoms with Gasteiger partial charge < -0.3 is 4.74 Å². The van der Waals surface area contributed by atoms with E-state index >= 15 is 0 Å². The molecule has 0 radical (unpaired) electrons. The number of ether oxygens (including phenoxy) is 1. The first-order valence-corrected chi connectivity index (χ1v) is 8.58. The van der Waals surface area contributed by atoms with Crippen LogP contribution in [0.2, 0.25) is 0 Å². The van der Waals surface area contributed by atoms with Gasteiger partial charge in [-0.15, -0.1) is 5.10 Å². The van der Waals surface area contributed by atoms with E-state index in [1.54, 1.807) is 11.8 Å². The second-order valence-corrected chi connectivity index (χ2v) is 6.10. The molecular weight excluding hydrogens is 306 g/mol. The molecule has 0 fully saturated rings. The normalized spacial score (nSPS) is 10.7. The van der Waals surface area contributed by atoms with Crippen LogP contribution in [0.1, 0.15) is 18.1 Å². The van der Waals surface area contributed by atoms with Crippen molar-refractivity contribution in [1.82, 2.24) is 15.2 Å². The summed E-state index contributed by atoms with van der Waals surface area (Å²) in [6, 6.07) is 16.3. The zero-order valence-corrected chi connectivity index (χ0v) is 14.1. The molecule has 0 bridgehead atoms. The Balaban J connectivity index is 1.69. The van der Waals surface area contributed by atoms with Crippen LogP contribution in [-0.2, 0) is 5.75 Å². The van der Waals surface area contributed by atoms with Gasteiger partial charge in [0.2, 0.25) is 5.16 Å². The van der Waals surface area contributed by atoms with E-state index in [4.69, 9.17) is 4.74 Å². The van der Waals surface area contributed by atoms with E-state index in [1.165, 1.54) is 5.56 Å². The van der Waals surface area contributed by atoms with E-state index in [0.29, 0.717) is 6.61 Å². The van der Waals surface area contributed by atoms with Crippen LogP contribution in [-0.4, -0.2) is 21.8 Å². The second-order valence-electron chi connectivity index (χ2n) is 5.16. The minimum atomic E-state index is 0.667. The number of benzene rings is 2. The van der Waals surface area contributed by atoms with Crippen molar-refractivity contribution in [3.05, 3.63) is 59.7 Å². The van der Waals surface area contributed by atoms with Crippen molar-refractivity contribution in [2.45, 2.75) is 24.8 Å². The van der Waals surface area contributed by atoms with Gasteiger partial charge in [-0.05, 0) is 19.9 Å². The number of para-hydroxylation sites is 1. The molecule has 0 saturated carbocycles. The predicted molar refractivity (Wildman–Crippen MR) is 93.7 cm³/mol. The van der Waals surface area contributed by atoms with Crippen LogP contribution in [0.15, 0.2) is 53.7 Å². The van der Waals surface area contributed by atoms with Gasteiger partial charge in [-0.3, -0.25) is 5.10 Å². The molecular formula is C18H19N3OS. The molecule has 1 N–H and O–H groups in total. The highest BCUT2D eigenvalue weighted by Crippen LogP contribution is 2.27. The average Bonchev–Trinajstić information content (AvgIpc) is 3.04. The number of hydrogen-bond acceptors (Lipinski definition) is 4. The molecule has 0 saturated heterocycles. The van der Waals surface area contributed by atoms with E-state index in [-0.39, 0.29) is 0 Å². The Labute approximate surface area is 140 Å². The van der Waals surface area contributed by atoms with Gasteiger partial charge in [-0.25, -0.2) is 4.98 Å². The molecule has 2 aromatic carbocycles. The van der Waals surface area contributed by atoms with E-state index < -0.39 is 0 Å². The summed E-state index contributed by atoms with van der Waals surface area (Å²) in [6.07, 6.45) is 0. The maximum Gasteiger partial charge on any atom is 0.209 e. The number of nitrogens with zero attached hydrogens (tertiary/aromatic N) is 2. The van der Waals surface area contributed by atoms with Crippen molar-refractivity contribution in [1.29, 1.82) is 0 Å². The van der Waals surface area contributed by atoms with Gasteiger partial charge in [0, 0.05) is 16.9 Å². The van der Waals surface area contributed by atoms with Crippen molar-refractivity contribution in [3.63, 3.8) is 0 Å². The third-order valence-corrected chi connectivity index (χ3v) is 4.32. The van der Waals surface area contributed by atoms with Crippen molar-refractivity contribution in [2.75, 3.05) is 6.61 Å². The minimum Gasteiger partial charge on any atom is -0.494 e. The van der Waals surface area contributed by atoms with E-state index in [2.05, 4.69) is 52.4 Å². The largest absolute Gasteiger partial charge is 0.494 e. The first-order valence-electron chi connectivity index (χ1n) is 7.59. The second kappa shape index (κ2) is 7.33. The van der Waals surface area contributed by atoms with Gasteiger partial charge >= 0.3 is 0 Å². The summed E-state index contributed by atoms with van der Waals surface area (Å²) < 4.78 is 5.65. The molecule has 3 aromatic rings. The van der Waals surface area contributed by atoms with Gasteiger partial charge in [-0.2, -0.15) is 0 Å². The Bertz CT molecular complexity index is 768. The summed E-state index contributed by atoms with van der Waals surface area (Å²) in [5, 5.41) is 8.04. The van der Waals surface area contributed by atoms with Crippen molar-refractivity contribution >= 4 is 11.8 Å². The monoisotopic (exact) mass is 325 g/mol. The molecule has 0 unspecified atom stereocenters. The third kappa shape index (κ3) is 3.93. The lowest BCUT2D eigenvalue weighted by molar-refractivity contribution is 0.337. The fourth-order valence-corrected chi connectivity index (χ4v) is 3.00. The van der Waals surface area contributed by atoms with Crippen LogP contribution < -0.4 is 4.74 Å². The summed E-state index contributed by atoms with van der Waals surface area (Å²) in [4.78, 5) is 4.56. The molecule has 1 aromatic heterocycles. The Morgan fingerprint density at radius 2 is 1.87 bits per heavy atom. The minimum absolute atomic E-state index is 0.667. The maximum absolute atomic E-state index is 5.65. The zero-order chi connectivity index (χ0) is 16.1. The molecule has 5 heteroatoms. The molecule has 0 aliphatic rings. The summed E-state index contributed by atoms with van der Waals surface area (Å²) in [5.74, 6) is 2.50. The molecule has 3 rings (SSSR count). The Morgan fingerprint density at radius 3 is 2.65 bits per heavy atom. The SMILES string of the molecule is CCOc1ccccc1CSc1n[nH]c(-c2ccc(C)cc2)n1. The van der Waals surface area contributed by atoms with Crippen molar-refractivity contribution in [3.8, 4) is 17.1 Å². The summed E-state index contributed by atoms with van der Waals surface area (Å²) in [7, 11) is 0. The predicted octanol–water partition coefficient (Wildman–Crippen LogP) is 4.47. The van der Waals surface area contributed by atoms with Crippen molar-refractivity contribution < 1.29 is 4.74 Å². The van der Waals surface area contributed by atoms with Gasteiger partial charge in [0.25, 0.3) is 0 Å². The van der Waals surface area contributed by atoms with E-state index in [9.17, 15) is 0 Å². The number of nitrogens with one attached hydrogen (secondary N) is 1. The first-order chi connectivity index (χ1) is 11.3. The van der Waals surface area contributed by atoms with Crippen LogP contribution in [0.25, 0.3) is 11.4 Å². The van der Waals surface area contributed by atoms with Gasteiger partial charge in [0.15, 0.2) is 5.82 Å². The standard InChI is InChI=1S/C18H19N3OS/c1-3-22-16-7-5-4-6-15(16)12-23-18-19-17(20-21-18)14-10-8-13(2)9-11-14/h4-11H,3,12H2,1-2H3,(H,19,20,21). The molecule has 23 heavy (non-hydrogen) atoms. The van der Waals surface area contributed by atoms with Crippen LogP contribution in [0.4, 0.5) is 0 Å². The lowest BCUT2D eigenvalue weighted by Gasteiger charge is -2.08. The molecule has 118 valence electrons. The number of aromatic nitrogens is 3. The molecule has 0 atom stereocenters. The van der Waals surface area contributed by atoms with Crippen LogP contribution in [0, 0.1) is 6.92 Å². The lowest BCUT2D eigenvalue weighted by Crippen LogP contribution is -1.95. The third-order valence-electron chi connectivity index (χ3n) is 3.42. The highest BCUT2D eigenvalue weighted by Gasteiger charge is 2.08. The number of H-pyrrole nitrogens is 1. The van der Waals surface area contributed by atoms with E-state index in [0.717, 1.165) is 33.6 Å². The Hall–Kier alpha value is -2.27. The molecule has 0 amide bonds. The smallest absolute Gasteiger partial charge is 0.209 e. The van der Waals surface area contributed by atoms with Gasteiger partial charge in [0.05, 0.1) is 6.61 Å². The number of rotatable bonds is 6. The Morgan fingerprint density at radius 1 is 1.09 bits per heavy atom. The lowest BCUT2D eigenvalue weighted by atomic mass is 10.1. The van der Waals surface area contributed by atoms with Crippen molar-refractivity contribution in [2.24, 2.45) is 0 Å². The fourth-order valence-electron chi connectivity index (χ4n) is 2.21. The van der Waals surface area contributed by atoms with Crippen LogP contribution >= 0.6 is 11.8 Å². The van der Waals surface area contributed by atoms with E-state index in [1.807, 2.05) is 25.1 Å². The highest BCUT2D eigenvalue weighted by molar-refractivity contribution is 7.98. The summed E-state index contributed by atoms with van der Waals surface area (Å²) in [6.45, 7) is 4.73. The van der Waals surface area contributed by atoms with Crippen LogP contribution in [0.5, 0.6) is 5.75 Å². The maximum atomic E-state index is 5.65. The van der Waals surface area contributed by atoms with Gasteiger partial charge in [-0.1, -0.05) is 59.8 Å². The average molecular weight is 325 g/mol. The summed E-state index contributed by atoms with van der Waals surface area (Å²) in [5.41, 5.74) is 3.43. The van der Waals surface area contributed by atoms with Gasteiger partial charge in [0.1, 0.15) is 5.75 Å². The molecule has 0 aliphatic heterocycles.